The highest BCUT2D eigenvalue weighted by Crippen LogP contribution is 2.39. The molecule has 0 atom stereocenters. The predicted molar refractivity (Wildman–Crippen MR) is 116 cm³/mol. The molecule has 1 amide bonds. The van der Waals surface area contributed by atoms with E-state index in [4.69, 9.17) is 20.8 Å². The third kappa shape index (κ3) is 4.28. The molecular formula is C22H19ClN2O3S. The highest BCUT2D eigenvalue weighted by atomic mass is 35.5. The van der Waals surface area contributed by atoms with Crippen LogP contribution in [0, 0.1) is 0 Å². The van der Waals surface area contributed by atoms with Gasteiger partial charge >= 0.3 is 0 Å². The van der Waals surface area contributed by atoms with Gasteiger partial charge in [0.15, 0.2) is 5.13 Å². The van der Waals surface area contributed by atoms with E-state index in [2.05, 4.69) is 4.98 Å². The first-order chi connectivity index (χ1) is 14.2. The van der Waals surface area contributed by atoms with Crippen LogP contribution in [0.1, 0.15) is 17.7 Å². The van der Waals surface area contributed by atoms with Crippen LogP contribution in [-0.4, -0.2) is 18.0 Å². The number of anilines is 1. The Labute approximate surface area is 177 Å². The van der Waals surface area contributed by atoms with E-state index < -0.39 is 0 Å². The van der Waals surface area contributed by atoms with Crippen LogP contribution in [0.3, 0.4) is 0 Å². The van der Waals surface area contributed by atoms with Gasteiger partial charge in [-0.05, 0) is 36.2 Å². The Bertz CT molecular complexity index is 1110. The average Bonchev–Trinajstić information content (AvgIpc) is 3.42. The number of ether oxygens (including phenoxy) is 1. The summed E-state index contributed by atoms with van der Waals surface area (Å²) in [6.45, 7) is 0.306. The molecule has 0 saturated heterocycles. The molecular weight excluding hydrogens is 408 g/mol. The van der Waals surface area contributed by atoms with E-state index in [0.717, 1.165) is 10.3 Å². The number of carbonyl (C=O) groups excluding carboxylic acids is 1. The van der Waals surface area contributed by atoms with Gasteiger partial charge in [-0.2, -0.15) is 0 Å². The standard InChI is InChI=1S/C22H19ClN2O3S/c1-27-18-11-10-17(23)21-20(18)24-22(29-21)25(14-16-8-5-13-28-16)19(26)12-9-15-6-3-2-4-7-15/h2-8,10-11,13H,9,12,14H2,1H3. The van der Waals surface area contributed by atoms with Crippen LogP contribution in [0.2, 0.25) is 5.02 Å². The summed E-state index contributed by atoms with van der Waals surface area (Å²) >= 11 is 7.73. The molecule has 148 valence electrons. The van der Waals surface area contributed by atoms with Crippen LogP contribution in [0.15, 0.2) is 65.3 Å². The van der Waals surface area contributed by atoms with E-state index in [1.54, 1.807) is 36.5 Å². The molecule has 2 aromatic carbocycles. The lowest BCUT2D eigenvalue weighted by atomic mass is 10.1. The average molecular weight is 427 g/mol. The number of thiazole rings is 1. The number of benzene rings is 2. The number of hydrogen-bond donors (Lipinski definition) is 0. The lowest BCUT2D eigenvalue weighted by Gasteiger charge is -2.18. The number of carbonyl (C=O) groups is 1. The number of nitrogens with zero attached hydrogens (tertiary/aromatic N) is 2. The van der Waals surface area contributed by atoms with Crippen molar-refractivity contribution in [2.75, 3.05) is 12.0 Å². The lowest BCUT2D eigenvalue weighted by Crippen LogP contribution is -2.30. The molecule has 0 aliphatic rings. The Morgan fingerprint density at radius 3 is 2.72 bits per heavy atom. The highest BCUT2D eigenvalue weighted by Gasteiger charge is 2.23. The fraction of sp³-hybridized carbons (Fsp3) is 0.182. The first-order valence-electron chi connectivity index (χ1n) is 9.15. The Morgan fingerprint density at radius 2 is 2.00 bits per heavy atom. The van der Waals surface area contributed by atoms with Gasteiger partial charge < -0.3 is 9.15 Å². The van der Waals surface area contributed by atoms with E-state index in [1.165, 1.54) is 11.3 Å². The molecule has 0 aliphatic carbocycles. The molecule has 0 radical (unpaired) electrons. The SMILES string of the molecule is COc1ccc(Cl)c2sc(N(Cc3ccco3)C(=O)CCc3ccccc3)nc12. The van der Waals surface area contributed by atoms with Gasteiger partial charge in [-0.25, -0.2) is 4.98 Å². The Balaban J connectivity index is 1.66. The summed E-state index contributed by atoms with van der Waals surface area (Å²) in [7, 11) is 1.59. The van der Waals surface area contributed by atoms with Crippen LogP contribution in [0.5, 0.6) is 5.75 Å². The summed E-state index contributed by atoms with van der Waals surface area (Å²) in [5, 5.41) is 1.15. The fourth-order valence-electron chi connectivity index (χ4n) is 3.07. The van der Waals surface area contributed by atoms with Crippen molar-refractivity contribution in [3.63, 3.8) is 0 Å². The molecule has 7 heteroatoms. The summed E-state index contributed by atoms with van der Waals surface area (Å²) < 4.78 is 11.7. The second-order valence-electron chi connectivity index (χ2n) is 6.47. The molecule has 0 unspecified atom stereocenters. The van der Waals surface area contributed by atoms with Gasteiger partial charge in [-0.15, -0.1) is 0 Å². The van der Waals surface area contributed by atoms with Crippen LogP contribution >= 0.6 is 22.9 Å². The number of amides is 1. The Hall–Kier alpha value is -2.83. The van der Waals surface area contributed by atoms with Gasteiger partial charge in [-0.1, -0.05) is 53.3 Å². The third-order valence-electron chi connectivity index (χ3n) is 4.56. The van der Waals surface area contributed by atoms with Crippen LogP contribution in [0.25, 0.3) is 10.2 Å². The minimum absolute atomic E-state index is 0.0283. The molecule has 0 fully saturated rings. The van der Waals surface area contributed by atoms with Crippen molar-refractivity contribution in [3.8, 4) is 5.75 Å². The Morgan fingerprint density at radius 1 is 1.17 bits per heavy atom. The van der Waals surface area contributed by atoms with Gasteiger partial charge in [0.05, 0.1) is 29.6 Å². The van der Waals surface area contributed by atoms with E-state index >= 15 is 0 Å². The van der Waals surface area contributed by atoms with E-state index in [0.29, 0.717) is 46.6 Å². The maximum absolute atomic E-state index is 13.1. The van der Waals surface area contributed by atoms with Crippen molar-refractivity contribution in [1.82, 2.24) is 4.98 Å². The molecule has 4 rings (SSSR count). The zero-order valence-electron chi connectivity index (χ0n) is 15.8. The lowest BCUT2D eigenvalue weighted by molar-refractivity contribution is -0.118. The third-order valence-corrected chi connectivity index (χ3v) is 6.10. The number of rotatable bonds is 7. The first-order valence-corrected chi connectivity index (χ1v) is 10.3. The Kier molecular flexibility index (Phi) is 5.83. The largest absolute Gasteiger partial charge is 0.494 e. The van der Waals surface area contributed by atoms with Gasteiger partial charge in [0.25, 0.3) is 0 Å². The summed E-state index contributed by atoms with van der Waals surface area (Å²) in [5.74, 6) is 1.29. The van der Waals surface area contributed by atoms with Gasteiger partial charge in [0.2, 0.25) is 5.91 Å². The monoisotopic (exact) mass is 426 g/mol. The number of fused-ring (bicyclic) bond motifs is 1. The van der Waals surface area contributed by atoms with E-state index in [9.17, 15) is 4.79 Å². The van der Waals surface area contributed by atoms with Crippen molar-refractivity contribution in [3.05, 3.63) is 77.2 Å². The van der Waals surface area contributed by atoms with Crippen LogP contribution < -0.4 is 9.64 Å². The van der Waals surface area contributed by atoms with Crippen LogP contribution in [-0.2, 0) is 17.8 Å². The van der Waals surface area contributed by atoms with Gasteiger partial charge in [0.1, 0.15) is 17.0 Å². The number of halogens is 1. The van der Waals surface area contributed by atoms with Crippen molar-refractivity contribution >= 4 is 44.2 Å². The van der Waals surface area contributed by atoms with E-state index in [-0.39, 0.29) is 5.91 Å². The summed E-state index contributed by atoms with van der Waals surface area (Å²) in [6, 6.07) is 17.2. The fourth-order valence-corrected chi connectivity index (χ4v) is 4.35. The van der Waals surface area contributed by atoms with Gasteiger partial charge in [0, 0.05) is 6.42 Å². The molecule has 0 bridgehead atoms. The molecule has 2 heterocycles. The number of methoxy groups -OCH3 is 1. The zero-order valence-corrected chi connectivity index (χ0v) is 17.4. The second kappa shape index (κ2) is 8.68. The number of aromatic nitrogens is 1. The summed E-state index contributed by atoms with van der Waals surface area (Å²) in [6.07, 6.45) is 2.62. The molecule has 0 aliphatic heterocycles. The zero-order chi connectivity index (χ0) is 20.2. The molecule has 0 N–H and O–H groups in total. The maximum atomic E-state index is 13.1. The number of hydrogen-bond acceptors (Lipinski definition) is 5. The molecule has 5 nitrogen and oxygen atoms in total. The molecule has 0 spiro atoms. The second-order valence-corrected chi connectivity index (χ2v) is 7.85. The van der Waals surface area contributed by atoms with Gasteiger partial charge in [-0.3, -0.25) is 9.69 Å². The molecule has 29 heavy (non-hydrogen) atoms. The minimum Gasteiger partial charge on any atom is -0.494 e. The number of furan rings is 1. The topological polar surface area (TPSA) is 55.6 Å². The molecule has 4 aromatic rings. The molecule has 2 aromatic heterocycles. The maximum Gasteiger partial charge on any atom is 0.229 e. The van der Waals surface area contributed by atoms with Crippen molar-refractivity contribution in [1.29, 1.82) is 0 Å². The quantitative estimate of drug-likeness (QED) is 0.379. The van der Waals surface area contributed by atoms with Crippen molar-refractivity contribution in [2.45, 2.75) is 19.4 Å². The predicted octanol–water partition coefficient (Wildman–Crippen LogP) is 5.72. The highest BCUT2D eigenvalue weighted by molar-refractivity contribution is 7.23. The summed E-state index contributed by atoms with van der Waals surface area (Å²) in [4.78, 5) is 19.5. The minimum atomic E-state index is -0.0283. The summed E-state index contributed by atoms with van der Waals surface area (Å²) in [5.41, 5.74) is 1.77. The van der Waals surface area contributed by atoms with Crippen molar-refractivity contribution < 1.29 is 13.9 Å². The first kappa shape index (κ1) is 19.5. The number of aryl methyl sites for hydroxylation is 1. The van der Waals surface area contributed by atoms with Crippen LogP contribution in [0.4, 0.5) is 5.13 Å². The normalized spacial score (nSPS) is 11.0. The van der Waals surface area contributed by atoms with Crippen molar-refractivity contribution in [2.24, 2.45) is 0 Å². The smallest absolute Gasteiger partial charge is 0.229 e. The molecule has 0 saturated carbocycles. The van der Waals surface area contributed by atoms with E-state index in [1.807, 2.05) is 36.4 Å².